The fraction of sp³-hybridized carbons (Fsp3) is 0.0714. The Morgan fingerprint density at radius 1 is 0.471 bits per heavy atom. The van der Waals surface area contributed by atoms with Gasteiger partial charge in [-0.1, -0.05) is 189 Å². The van der Waals surface area contributed by atoms with Gasteiger partial charge in [0.25, 0.3) is 0 Å². The molecule has 0 N–H and O–H groups in total. The second kappa shape index (κ2) is 18.5. The van der Waals surface area contributed by atoms with Crippen molar-refractivity contribution in [2.24, 2.45) is 0 Å². The number of ether oxygens (including phenoxy) is 1. The molecule has 0 radical (unpaired) electrons. The minimum Gasteiger partial charge on any atom is -0.463 e. The van der Waals surface area contributed by atoms with Crippen molar-refractivity contribution in [2.45, 2.75) is 12.5 Å². The summed E-state index contributed by atoms with van der Waals surface area (Å²) in [5, 5.41) is 6.84. The highest BCUT2D eigenvalue weighted by atomic mass is 28.5. The van der Waals surface area contributed by atoms with E-state index in [-0.39, 0.29) is 6.61 Å². The maximum absolute atomic E-state index is 12.2. The monoisotopic (exact) mass is 738 g/mol. The number of carbonyl (C=O) groups is 1. The van der Waals surface area contributed by atoms with Crippen LogP contribution in [0.15, 0.2) is 195 Å². The van der Waals surface area contributed by atoms with Crippen LogP contribution in [0.25, 0.3) is 0 Å². The van der Waals surface area contributed by atoms with Crippen LogP contribution in [0.5, 0.6) is 0 Å². The quantitative estimate of drug-likeness (QED) is 0.0619. The zero-order valence-electron chi connectivity index (χ0n) is 28.5. The number of hydrogen-bond donors (Lipinski definition) is 0. The molecule has 0 heterocycles. The normalized spacial score (nSPS) is 11.5. The van der Waals surface area contributed by atoms with Gasteiger partial charge in [0.15, 0.2) is 0 Å². The van der Waals surface area contributed by atoms with E-state index in [0.717, 1.165) is 31.1 Å². The van der Waals surface area contributed by atoms with Gasteiger partial charge in [-0.15, -0.1) is 0 Å². The number of benzene rings is 6. The lowest BCUT2D eigenvalue weighted by molar-refractivity contribution is -0.137. The first-order chi connectivity index (χ1) is 25.1. The van der Waals surface area contributed by atoms with Gasteiger partial charge in [0.1, 0.15) is 0 Å². The zero-order valence-corrected chi connectivity index (χ0v) is 33.0. The molecule has 0 unspecified atom stereocenters. The lowest BCUT2D eigenvalue weighted by atomic mass is 10.4. The van der Waals surface area contributed by atoms with Crippen molar-refractivity contribution in [3.05, 3.63) is 195 Å². The summed E-state index contributed by atoms with van der Waals surface area (Å²) in [6, 6.07) is 63.3. The lowest BCUT2D eigenvalue weighted by Gasteiger charge is -2.39. The molecule has 6 rings (SSSR count). The van der Waals surface area contributed by atoms with Crippen molar-refractivity contribution in [3.8, 4) is 0 Å². The minimum atomic E-state index is -3.70. The van der Waals surface area contributed by atoms with E-state index in [1.54, 1.807) is 0 Å². The molecule has 0 saturated heterocycles. The Balaban J connectivity index is 1.54. The van der Waals surface area contributed by atoms with E-state index in [4.69, 9.17) is 17.1 Å². The lowest BCUT2D eigenvalue weighted by Crippen LogP contribution is -2.66. The van der Waals surface area contributed by atoms with Crippen LogP contribution in [0.1, 0.15) is 6.42 Å². The van der Waals surface area contributed by atoms with E-state index in [1.807, 2.05) is 36.4 Å². The highest BCUT2D eigenvalue weighted by Gasteiger charge is 2.48. The smallest absolute Gasteiger partial charge is 0.463 e. The summed E-state index contributed by atoms with van der Waals surface area (Å²) < 4.78 is 28.7. The molecule has 0 aliphatic carbocycles. The van der Waals surface area contributed by atoms with E-state index in [1.165, 1.54) is 6.08 Å². The molecule has 0 aliphatic rings. The van der Waals surface area contributed by atoms with Crippen LogP contribution in [0.2, 0.25) is 6.04 Å². The molecule has 0 saturated carbocycles. The maximum atomic E-state index is 12.2. The molecule has 0 amide bonds. The molecule has 9 heteroatoms. The van der Waals surface area contributed by atoms with Crippen molar-refractivity contribution < 1.29 is 21.9 Å². The molecule has 5 nitrogen and oxygen atoms in total. The van der Waals surface area contributed by atoms with Gasteiger partial charge in [0, 0.05) is 12.1 Å². The topological polar surface area (TPSA) is 54.0 Å². The predicted octanol–water partition coefficient (Wildman–Crippen LogP) is 3.71. The predicted molar refractivity (Wildman–Crippen MR) is 217 cm³/mol. The largest absolute Gasteiger partial charge is 0.470 e. The Hall–Kier alpha value is -4.72. The molecule has 6 aromatic rings. The van der Waals surface area contributed by atoms with Crippen LogP contribution in [0, 0.1) is 0 Å². The fourth-order valence-corrected chi connectivity index (χ4v) is 22.4. The molecular weight excluding hydrogens is 697 g/mol. The van der Waals surface area contributed by atoms with Crippen LogP contribution in [-0.2, 0) is 21.9 Å². The second-order valence-electron chi connectivity index (χ2n) is 12.1. The van der Waals surface area contributed by atoms with Gasteiger partial charge in [-0.25, -0.2) is 4.79 Å². The van der Waals surface area contributed by atoms with Crippen molar-refractivity contribution in [1.82, 2.24) is 0 Å². The molecule has 0 aliphatic heterocycles. The molecular formula is C42H42O5Si4. The van der Waals surface area contributed by atoms with Gasteiger partial charge in [0.05, 0.1) is 6.61 Å². The standard InChI is InChI=1S/C42H42O5Si4/c1-2-42(43)44-34-21-35-51(45-48(36-22-9-3-10-23-36)37-24-11-4-12-25-37,46-49(38-26-13-5-14-27-38)39-28-15-6-16-29-39)47-50(40-30-17-7-18-31-40)41-32-19-8-20-33-41/h2-20,22-33,48-50H,1,21,34-35H2. The second-order valence-corrected chi connectivity index (χ2v) is 23.1. The number of rotatable bonds is 17. The number of esters is 1. The van der Waals surface area contributed by atoms with E-state index >= 15 is 0 Å². The Bertz CT molecular complexity index is 1600. The average molecular weight is 739 g/mol. The molecule has 0 atom stereocenters. The molecule has 0 aromatic heterocycles. The third-order valence-corrected chi connectivity index (χ3v) is 22.6. The highest BCUT2D eigenvalue weighted by Crippen LogP contribution is 2.23. The fourth-order valence-electron chi connectivity index (χ4n) is 6.07. The zero-order chi connectivity index (χ0) is 35.1. The summed E-state index contributed by atoms with van der Waals surface area (Å²) >= 11 is 0. The molecule has 256 valence electrons. The van der Waals surface area contributed by atoms with Gasteiger partial charge < -0.3 is 17.1 Å². The first-order valence-electron chi connectivity index (χ1n) is 17.3. The highest BCUT2D eigenvalue weighted by molar-refractivity contribution is 6.95. The van der Waals surface area contributed by atoms with Crippen LogP contribution >= 0.6 is 0 Å². The SMILES string of the molecule is C=CC(=O)OCCC[Si](O[SiH](c1ccccc1)c1ccccc1)(O[SiH](c1ccccc1)c1ccccc1)O[SiH](c1ccccc1)c1ccccc1. The van der Waals surface area contributed by atoms with Crippen LogP contribution in [0.3, 0.4) is 0 Å². The molecule has 0 spiro atoms. The van der Waals surface area contributed by atoms with Gasteiger partial charge in [-0.3, -0.25) is 0 Å². The number of hydrogen-bond acceptors (Lipinski definition) is 5. The number of carbonyl (C=O) groups excluding carboxylic acids is 1. The van der Waals surface area contributed by atoms with Crippen molar-refractivity contribution in [2.75, 3.05) is 6.61 Å². The van der Waals surface area contributed by atoms with E-state index in [0.29, 0.717) is 12.5 Å². The Kier molecular flexibility index (Phi) is 13.1. The van der Waals surface area contributed by atoms with Gasteiger partial charge in [-0.2, -0.15) is 0 Å². The molecule has 0 bridgehead atoms. The van der Waals surface area contributed by atoms with Gasteiger partial charge in [-0.05, 0) is 37.5 Å². The summed E-state index contributed by atoms with van der Waals surface area (Å²) in [6.07, 6.45) is 1.70. The van der Waals surface area contributed by atoms with Gasteiger partial charge >= 0.3 is 14.8 Å². The minimum absolute atomic E-state index is 0.199. The van der Waals surface area contributed by atoms with Crippen molar-refractivity contribution >= 4 is 73.0 Å². The summed E-state index contributed by atoms with van der Waals surface area (Å²) in [5.74, 6) is -0.451. The van der Waals surface area contributed by atoms with Crippen molar-refractivity contribution in [1.29, 1.82) is 0 Å². The Labute approximate surface area is 307 Å². The molecule has 0 fully saturated rings. The first-order valence-corrected chi connectivity index (χ1v) is 24.1. The Morgan fingerprint density at radius 2 is 0.725 bits per heavy atom. The third kappa shape index (κ3) is 9.96. The van der Waals surface area contributed by atoms with E-state index in [2.05, 4.69) is 152 Å². The van der Waals surface area contributed by atoms with E-state index in [9.17, 15) is 4.79 Å². The van der Waals surface area contributed by atoms with E-state index < -0.39 is 41.9 Å². The molecule has 6 aromatic carbocycles. The van der Waals surface area contributed by atoms with Gasteiger partial charge in [0.2, 0.25) is 27.1 Å². The summed E-state index contributed by atoms with van der Waals surface area (Å²) in [7, 11) is -10.9. The average Bonchev–Trinajstić information content (AvgIpc) is 3.21. The third-order valence-electron chi connectivity index (χ3n) is 8.54. The first kappa shape index (κ1) is 36.1. The summed E-state index contributed by atoms with van der Waals surface area (Å²) in [6.45, 7) is 3.78. The van der Waals surface area contributed by atoms with Crippen LogP contribution in [0.4, 0.5) is 0 Å². The van der Waals surface area contributed by atoms with Crippen LogP contribution < -0.4 is 31.1 Å². The van der Waals surface area contributed by atoms with Crippen molar-refractivity contribution in [3.63, 3.8) is 0 Å². The van der Waals surface area contributed by atoms with Crippen LogP contribution in [-0.4, -0.2) is 48.5 Å². The Morgan fingerprint density at radius 3 is 0.961 bits per heavy atom. The summed E-state index contributed by atoms with van der Waals surface area (Å²) in [5.41, 5.74) is 0. The maximum Gasteiger partial charge on any atom is 0.470 e. The molecule has 51 heavy (non-hydrogen) atoms. The summed E-state index contributed by atoms with van der Waals surface area (Å²) in [4.78, 5) is 12.2.